The van der Waals surface area contributed by atoms with Crippen molar-refractivity contribution >= 4 is 5.97 Å². The lowest BCUT2D eigenvalue weighted by atomic mass is 9.55. The number of aliphatic hydroxyl groups excluding tert-OH is 1. The number of likely N-dealkylation sites (tertiary alicyclic amines) is 1. The summed E-state index contributed by atoms with van der Waals surface area (Å²) in [5.74, 6) is 1.62. The lowest BCUT2D eigenvalue weighted by molar-refractivity contribution is -0.164. The number of carbonyl (C=O) groups is 1. The van der Waals surface area contributed by atoms with E-state index in [2.05, 4.69) is 0 Å². The Kier molecular flexibility index (Phi) is 5.75. The minimum Gasteiger partial charge on any atom is -0.492 e. The van der Waals surface area contributed by atoms with Gasteiger partial charge in [0.25, 0.3) is 0 Å². The zero-order valence-corrected chi connectivity index (χ0v) is 21.9. The van der Waals surface area contributed by atoms with Gasteiger partial charge in [-0.05, 0) is 113 Å². The molecule has 37 heavy (non-hydrogen) atoms. The third kappa shape index (κ3) is 4.26. The van der Waals surface area contributed by atoms with E-state index in [0.29, 0.717) is 37.3 Å². The summed E-state index contributed by atoms with van der Waals surface area (Å²) in [6.45, 7) is 6.02. The molecular weight excluding hydrogens is 483 g/mol. The number of nitrogens with zero attached hydrogens (tertiary/aromatic N) is 1. The molecule has 1 aromatic carbocycles. The monoisotopic (exact) mass is 521 g/mol. The van der Waals surface area contributed by atoms with Gasteiger partial charge in [0.05, 0.1) is 12.2 Å². The predicted molar refractivity (Wildman–Crippen MR) is 131 cm³/mol. The van der Waals surface area contributed by atoms with Crippen LogP contribution in [0.1, 0.15) is 89.5 Å². The zero-order chi connectivity index (χ0) is 26.4. The largest absolute Gasteiger partial charge is 0.492 e. The number of esters is 1. The van der Waals surface area contributed by atoms with Gasteiger partial charge in [0.2, 0.25) is 0 Å². The quantitative estimate of drug-likeness (QED) is 0.459. The molecule has 3 bridgehead atoms. The Morgan fingerprint density at radius 1 is 1.16 bits per heavy atom. The van der Waals surface area contributed by atoms with Gasteiger partial charge in [-0.25, -0.2) is 0 Å². The molecule has 1 aliphatic heterocycles. The normalized spacial score (nSPS) is 37.4. The number of alkyl halides is 3. The molecule has 0 amide bonds. The molecule has 8 heteroatoms. The van der Waals surface area contributed by atoms with E-state index < -0.39 is 35.6 Å². The van der Waals surface area contributed by atoms with E-state index in [9.17, 15) is 23.1 Å². The highest BCUT2D eigenvalue weighted by Crippen LogP contribution is 2.78. The number of benzene rings is 1. The first kappa shape index (κ1) is 25.5. The Morgan fingerprint density at radius 2 is 1.95 bits per heavy atom. The van der Waals surface area contributed by atoms with Gasteiger partial charge in [-0.1, -0.05) is 6.07 Å². The van der Waals surface area contributed by atoms with Crippen molar-refractivity contribution in [2.45, 2.75) is 96.2 Å². The van der Waals surface area contributed by atoms with Crippen LogP contribution in [0.25, 0.3) is 0 Å². The summed E-state index contributed by atoms with van der Waals surface area (Å²) in [7, 11) is 0. The minimum absolute atomic E-state index is 0.00389. The van der Waals surface area contributed by atoms with E-state index in [1.54, 1.807) is 20.8 Å². The van der Waals surface area contributed by atoms with Gasteiger partial charge in [0.15, 0.2) is 0 Å². The SMILES string of the molecule is CC(C)(C)OC(=O)[C@@H]1CCCN1C(O)c1ccc(OCC23CC4CC5CC(C2)C5(C4)C3)c(C(F)(F)F)c1. The van der Waals surface area contributed by atoms with Crippen molar-refractivity contribution in [3.63, 3.8) is 0 Å². The van der Waals surface area contributed by atoms with E-state index >= 15 is 0 Å². The molecule has 4 aliphatic carbocycles. The molecule has 5 fully saturated rings. The summed E-state index contributed by atoms with van der Waals surface area (Å²) in [6.07, 6.45) is 2.33. The van der Waals surface area contributed by atoms with Crippen LogP contribution in [0.3, 0.4) is 0 Å². The lowest BCUT2D eigenvalue weighted by Gasteiger charge is -2.49. The highest BCUT2D eigenvalue weighted by atomic mass is 19.4. The number of ether oxygens (including phenoxy) is 2. The molecule has 6 rings (SSSR count). The number of halogens is 3. The van der Waals surface area contributed by atoms with Crippen molar-refractivity contribution < 1.29 is 32.5 Å². The van der Waals surface area contributed by atoms with Crippen molar-refractivity contribution in [1.29, 1.82) is 0 Å². The number of hydrogen-bond donors (Lipinski definition) is 1. The van der Waals surface area contributed by atoms with Crippen molar-refractivity contribution in [2.75, 3.05) is 13.2 Å². The van der Waals surface area contributed by atoms with Crippen LogP contribution in [-0.4, -0.2) is 40.8 Å². The van der Waals surface area contributed by atoms with Gasteiger partial charge in [0, 0.05) is 12.0 Å². The zero-order valence-electron chi connectivity index (χ0n) is 21.9. The predicted octanol–water partition coefficient (Wildman–Crippen LogP) is 6.10. The van der Waals surface area contributed by atoms with Crippen molar-refractivity contribution in [1.82, 2.24) is 4.90 Å². The van der Waals surface area contributed by atoms with Gasteiger partial charge in [0.1, 0.15) is 23.6 Å². The molecular formula is C29H38F3NO4. The van der Waals surface area contributed by atoms with Crippen LogP contribution in [0.15, 0.2) is 18.2 Å². The summed E-state index contributed by atoms with van der Waals surface area (Å²) in [4.78, 5) is 14.2. The second-order valence-corrected chi connectivity index (χ2v) is 13.6. The summed E-state index contributed by atoms with van der Waals surface area (Å²) < 4.78 is 54.0. The van der Waals surface area contributed by atoms with Gasteiger partial charge < -0.3 is 14.6 Å². The lowest BCUT2D eigenvalue weighted by Crippen LogP contribution is -2.42. The summed E-state index contributed by atoms with van der Waals surface area (Å²) in [5, 5.41) is 11.0. The fraction of sp³-hybridized carbons (Fsp3) is 0.759. The number of fused-ring (bicyclic) bond motifs is 2. The van der Waals surface area contributed by atoms with E-state index in [0.717, 1.165) is 37.2 Å². The maximum atomic E-state index is 14.2. The van der Waals surface area contributed by atoms with Gasteiger partial charge in [-0.15, -0.1) is 0 Å². The molecule has 5 nitrogen and oxygen atoms in total. The maximum Gasteiger partial charge on any atom is 0.419 e. The first-order valence-corrected chi connectivity index (χ1v) is 13.8. The smallest absolute Gasteiger partial charge is 0.419 e. The van der Waals surface area contributed by atoms with E-state index in [1.165, 1.54) is 36.3 Å². The van der Waals surface area contributed by atoms with Crippen molar-refractivity contribution in [2.24, 2.45) is 28.6 Å². The first-order valence-electron chi connectivity index (χ1n) is 13.8. The van der Waals surface area contributed by atoms with Crippen LogP contribution in [-0.2, 0) is 15.7 Å². The van der Waals surface area contributed by atoms with Crippen LogP contribution in [0.4, 0.5) is 13.2 Å². The van der Waals surface area contributed by atoms with Crippen LogP contribution in [0.2, 0.25) is 0 Å². The van der Waals surface area contributed by atoms with E-state index in [-0.39, 0.29) is 16.7 Å². The van der Waals surface area contributed by atoms with Crippen LogP contribution >= 0.6 is 0 Å². The van der Waals surface area contributed by atoms with Gasteiger partial charge in [-0.3, -0.25) is 9.69 Å². The maximum absolute atomic E-state index is 14.2. The van der Waals surface area contributed by atoms with Crippen LogP contribution in [0, 0.1) is 28.6 Å². The number of aliphatic hydroxyl groups is 1. The molecule has 0 radical (unpaired) electrons. The molecule has 5 aliphatic rings. The Labute approximate surface area is 216 Å². The average molecular weight is 522 g/mol. The third-order valence-corrected chi connectivity index (χ3v) is 10.0. The first-order chi connectivity index (χ1) is 17.3. The molecule has 4 saturated carbocycles. The number of rotatable bonds is 6. The van der Waals surface area contributed by atoms with Crippen molar-refractivity contribution in [3.05, 3.63) is 29.3 Å². The summed E-state index contributed by atoms with van der Waals surface area (Å²) in [5.41, 5.74) is -1.01. The summed E-state index contributed by atoms with van der Waals surface area (Å²) >= 11 is 0. The second-order valence-electron chi connectivity index (χ2n) is 13.6. The fourth-order valence-electron chi connectivity index (χ4n) is 8.89. The Balaban J connectivity index is 1.20. The molecule has 1 aromatic rings. The summed E-state index contributed by atoms with van der Waals surface area (Å²) in [6, 6.07) is 3.13. The van der Waals surface area contributed by atoms with Gasteiger partial charge >= 0.3 is 12.1 Å². The molecule has 1 spiro atoms. The number of hydrogen-bond acceptors (Lipinski definition) is 5. The molecule has 1 heterocycles. The Bertz CT molecular complexity index is 1080. The molecule has 0 aromatic heterocycles. The second kappa shape index (κ2) is 8.35. The highest BCUT2D eigenvalue weighted by molar-refractivity contribution is 5.76. The van der Waals surface area contributed by atoms with E-state index in [4.69, 9.17) is 9.47 Å². The fourth-order valence-corrected chi connectivity index (χ4v) is 8.89. The van der Waals surface area contributed by atoms with Crippen LogP contribution in [0.5, 0.6) is 5.75 Å². The Hall–Kier alpha value is -1.80. The Morgan fingerprint density at radius 3 is 2.68 bits per heavy atom. The molecule has 1 N–H and O–H groups in total. The van der Waals surface area contributed by atoms with Gasteiger partial charge in [-0.2, -0.15) is 13.2 Å². The molecule has 204 valence electrons. The molecule has 6 unspecified atom stereocenters. The topological polar surface area (TPSA) is 59.0 Å². The number of carbonyl (C=O) groups excluding carboxylic acids is 1. The standard InChI is InChI=1S/C29H38F3NO4/c1-26(2,3)37-25(35)22-5-4-8-33(22)24(34)18-6-7-23(21(10-18)29(30,31)32)36-16-27-12-17-9-19-11-20(14-27)28(19,13-17)15-27/h6-7,10,17,19-20,22,24,34H,4-5,8-9,11-16H2,1-3H3/t17?,19?,20?,22-,24?,27?,28?/m0/s1. The molecule has 7 atom stereocenters. The molecule has 1 saturated heterocycles. The average Bonchev–Trinajstić information content (AvgIpc) is 3.41. The van der Waals surface area contributed by atoms with Crippen LogP contribution < -0.4 is 4.74 Å². The van der Waals surface area contributed by atoms with E-state index in [1.807, 2.05) is 0 Å². The highest BCUT2D eigenvalue weighted by Gasteiger charge is 2.70. The van der Waals surface area contributed by atoms with Crippen molar-refractivity contribution in [3.8, 4) is 5.75 Å². The minimum atomic E-state index is -4.62. The third-order valence-electron chi connectivity index (χ3n) is 10.0.